The zero-order valence-corrected chi connectivity index (χ0v) is 10.5. The number of aromatic nitrogens is 2. The van der Waals surface area contributed by atoms with Gasteiger partial charge in [-0.3, -0.25) is 14.3 Å². The van der Waals surface area contributed by atoms with Gasteiger partial charge in [0.15, 0.2) is 6.23 Å². The number of aliphatic hydroxyl groups is 2. The van der Waals surface area contributed by atoms with E-state index in [1.54, 1.807) is 0 Å². The van der Waals surface area contributed by atoms with Crippen LogP contribution in [0, 0.1) is 6.92 Å². The number of aromatic amines is 1. The van der Waals surface area contributed by atoms with Gasteiger partial charge in [-0.2, -0.15) is 0 Å². The molecule has 1 aromatic heterocycles. The molecule has 0 unspecified atom stereocenters. The van der Waals surface area contributed by atoms with Gasteiger partial charge < -0.3 is 14.9 Å². The normalized spacial score (nSPS) is 29.1. The third-order valence-corrected chi connectivity index (χ3v) is 3.12. The molecule has 1 aromatic rings. The number of aliphatic hydroxyl groups excluding tert-OH is 2. The van der Waals surface area contributed by atoms with Crippen molar-refractivity contribution >= 4 is 0 Å². The number of nitrogens with zero attached hydrogens (tertiary/aromatic N) is 4. The zero-order chi connectivity index (χ0) is 14.9. The summed E-state index contributed by atoms with van der Waals surface area (Å²) in [5.74, 6) is 0. The van der Waals surface area contributed by atoms with Gasteiger partial charge in [0.05, 0.1) is 18.8 Å². The number of H-pyrrole nitrogens is 1. The first-order valence-corrected chi connectivity index (χ1v) is 5.80. The van der Waals surface area contributed by atoms with Crippen molar-refractivity contribution in [2.24, 2.45) is 5.11 Å². The molecular weight excluding hydrogens is 270 g/mol. The lowest BCUT2D eigenvalue weighted by atomic mass is 10.1. The molecule has 0 spiro atoms. The summed E-state index contributed by atoms with van der Waals surface area (Å²) >= 11 is 0. The molecule has 20 heavy (non-hydrogen) atoms. The summed E-state index contributed by atoms with van der Waals surface area (Å²) in [5.41, 5.74) is 7.40. The maximum absolute atomic E-state index is 11.7. The summed E-state index contributed by atoms with van der Waals surface area (Å²) in [4.78, 5) is 27.7. The topological polar surface area (TPSA) is 153 Å². The van der Waals surface area contributed by atoms with Crippen molar-refractivity contribution < 1.29 is 14.9 Å². The largest absolute Gasteiger partial charge is 0.394 e. The second kappa shape index (κ2) is 5.47. The molecule has 0 bridgehead atoms. The van der Waals surface area contributed by atoms with Crippen LogP contribution in [-0.4, -0.2) is 44.6 Å². The van der Waals surface area contributed by atoms with Crippen LogP contribution in [-0.2, 0) is 4.74 Å². The fraction of sp³-hybridized carbons (Fsp3) is 0.600. The quantitative estimate of drug-likeness (QED) is 0.360. The highest BCUT2D eigenvalue weighted by Crippen LogP contribution is 2.30. The maximum Gasteiger partial charge on any atom is 0.330 e. The minimum absolute atomic E-state index is 0.258. The highest BCUT2D eigenvalue weighted by Gasteiger charge is 2.44. The van der Waals surface area contributed by atoms with E-state index < -0.39 is 42.3 Å². The Balaban J connectivity index is 2.44. The van der Waals surface area contributed by atoms with E-state index in [1.165, 1.54) is 13.1 Å². The van der Waals surface area contributed by atoms with Crippen LogP contribution in [0.25, 0.3) is 10.4 Å². The second-order valence-corrected chi connectivity index (χ2v) is 4.41. The van der Waals surface area contributed by atoms with Crippen LogP contribution >= 0.6 is 0 Å². The van der Waals surface area contributed by atoms with E-state index in [4.69, 9.17) is 15.4 Å². The van der Waals surface area contributed by atoms with E-state index in [-0.39, 0.29) is 5.56 Å². The summed E-state index contributed by atoms with van der Waals surface area (Å²) in [6.45, 7) is 1.01. The van der Waals surface area contributed by atoms with Crippen molar-refractivity contribution in [1.82, 2.24) is 9.55 Å². The molecule has 0 amide bonds. The molecule has 0 radical (unpaired) electrons. The number of ether oxygens (including phenoxy) is 1. The van der Waals surface area contributed by atoms with Gasteiger partial charge in [0.1, 0.15) is 6.10 Å². The molecule has 1 fully saturated rings. The summed E-state index contributed by atoms with van der Waals surface area (Å²) in [6, 6.07) is -1.02. The van der Waals surface area contributed by atoms with Gasteiger partial charge in [0, 0.05) is 16.7 Å². The second-order valence-electron chi connectivity index (χ2n) is 4.41. The lowest BCUT2D eigenvalue weighted by Crippen LogP contribution is -2.38. The first-order chi connectivity index (χ1) is 9.49. The number of rotatable bonds is 3. The first-order valence-electron chi connectivity index (χ1n) is 5.80. The fourth-order valence-corrected chi connectivity index (χ4v) is 2.09. The zero-order valence-electron chi connectivity index (χ0n) is 10.5. The predicted molar refractivity (Wildman–Crippen MR) is 66.0 cm³/mol. The summed E-state index contributed by atoms with van der Waals surface area (Å²) in [5, 5.41) is 22.6. The molecule has 1 aliphatic heterocycles. The third-order valence-electron chi connectivity index (χ3n) is 3.12. The average molecular weight is 283 g/mol. The van der Waals surface area contributed by atoms with Gasteiger partial charge in [-0.15, -0.1) is 0 Å². The molecule has 2 heterocycles. The molecule has 1 saturated heterocycles. The summed E-state index contributed by atoms with van der Waals surface area (Å²) in [7, 11) is 0. The van der Waals surface area contributed by atoms with Crippen LogP contribution in [0.2, 0.25) is 0 Å². The van der Waals surface area contributed by atoms with Crippen LogP contribution < -0.4 is 11.2 Å². The Morgan fingerprint density at radius 1 is 1.60 bits per heavy atom. The highest BCUT2D eigenvalue weighted by molar-refractivity contribution is 5.04. The Bertz CT molecular complexity index is 661. The van der Waals surface area contributed by atoms with E-state index in [0.29, 0.717) is 0 Å². The van der Waals surface area contributed by atoms with Crippen molar-refractivity contribution in [3.05, 3.63) is 43.0 Å². The average Bonchev–Trinajstić information content (AvgIpc) is 2.72. The molecule has 0 saturated carbocycles. The first kappa shape index (κ1) is 14.3. The smallest absolute Gasteiger partial charge is 0.330 e. The Morgan fingerprint density at radius 2 is 2.30 bits per heavy atom. The number of hydrogen-bond acceptors (Lipinski definition) is 6. The lowest BCUT2D eigenvalue weighted by Gasteiger charge is -2.17. The van der Waals surface area contributed by atoms with Gasteiger partial charge in [-0.1, -0.05) is 5.11 Å². The SMILES string of the molecule is Cc1cn([C@@H]2O[C@H](CO)[C@@H](N=[N+]=[N-])[C@@H]2O)c(=O)[nH]c1=O. The predicted octanol–water partition coefficient (Wildman–Crippen LogP) is -1.23. The number of nitrogens with one attached hydrogen (secondary N) is 1. The molecule has 3 N–H and O–H groups in total. The van der Waals surface area contributed by atoms with Crippen LogP contribution in [0.15, 0.2) is 20.9 Å². The molecule has 4 atom stereocenters. The monoisotopic (exact) mass is 283 g/mol. The molecule has 1 aliphatic rings. The van der Waals surface area contributed by atoms with Crippen LogP contribution in [0.3, 0.4) is 0 Å². The standard InChI is InChI=1S/C10H13N5O5/c1-4-2-15(10(19)12-8(4)18)9-7(17)6(13-14-11)5(3-16)20-9/h2,5-7,9,16-17H,3H2,1H3,(H,12,18,19)/t5-,6-,7+,9-/m1/s1. The molecule has 10 nitrogen and oxygen atoms in total. The number of azide groups is 1. The van der Waals surface area contributed by atoms with Gasteiger partial charge >= 0.3 is 5.69 Å². The van der Waals surface area contributed by atoms with Crippen LogP contribution in [0.4, 0.5) is 0 Å². The van der Waals surface area contributed by atoms with Gasteiger partial charge in [0.25, 0.3) is 5.56 Å². The Kier molecular flexibility index (Phi) is 3.91. The number of hydrogen-bond donors (Lipinski definition) is 3. The molecule has 0 aromatic carbocycles. The Morgan fingerprint density at radius 3 is 2.90 bits per heavy atom. The molecule has 108 valence electrons. The van der Waals surface area contributed by atoms with Crippen molar-refractivity contribution in [1.29, 1.82) is 0 Å². The summed E-state index contributed by atoms with van der Waals surface area (Å²) in [6.07, 6.45) is -2.15. The van der Waals surface area contributed by atoms with E-state index in [1.807, 2.05) is 0 Å². The lowest BCUT2D eigenvalue weighted by molar-refractivity contribution is -0.0532. The van der Waals surface area contributed by atoms with Gasteiger partial charge in [0.2, 0.25) is 0 Å². The van der Waals surface area contributed by atoms with Crippen molar-refractivity contribution in [2.75, 3.05) is 6.61 Å². The molecule has 2 rings (SSSR count). The molecule has 0 aliphatic carbocycles. The Hall–Kier alpha value is -2.13. The van der Waals surface area contributed by atoms with Crippen LogP contribution in [0.1, 0.15) is 11.8 Å². The molecular formula is C10H13N5O5. The van der Waals surface area contributed by atoms with Crippen LogP contribution in [0.5, 0.6) is 0 Å². The summed E-state index contributed by atoms with van der Waals surface area (Å²) < 4.78 is 6.32. The maximum atomic E-state index is 11.7. The fourth-order valence-electron chi connectivity index (χ4n) is 2.09. The van der Waals surface area contributed by atoms with Crippen molar-refractivity contribution in [3.8, 4) is 0 Å². The highest BCUT2D eigenvalue weighted by atomic mass is 16.5. The minimum atomic E-state index is -1.31. The minimum Gasteiger partial charge on any atom is -0.394 e. The van der Waals surface area contributed by atoms with E-state index in [2.05, 4.69) is 15.0 Å². The van der Waals surface area contributed by atoms with Gasteiger partial charge in [-0.25, -0.2) is 4.79 Å². The van der Waals surface area contributed by atoms with Crippen molar-refractivity contribution in [3.63, 3.8) is 0 Å². The third kappa shape index (κ3) is 2.32. The number of aryl methyl sites for hydroxylation is 1. The molecule has 10 heteroatoms. The van der Waals surface area contributed by atoms with Crippen molar-refractivity contribution in [2.45, 2.75) is 31.4 Å². The van der Waals surface area contributed by atoms with Gasteiger partial charge in [-0.05, 0) is 12.5 Å². The van der Waals surface area contributed by atoms with E-state index >= 15 is 0 Å². The van der Waals surface area contributed by atoms with E-state index in [0.717, 1.165) is 4.57 Å². The van der Waals surface area contributed by atoms with E-state index in [9.17, 15) is 14.7 Å². The Labute approximate surface area is 111 Å².